The van der Waals surface area contributed by atoms with Crippen LogP contribution in [0.25, 0.3) is 11.1 Å². The number of nitrogens with one attached hydrogen (secondary N) is 2. The molecule has 1 aliphatic heterocycles. The first-order chi connectivity index (χ1) is 18.4. The summed E-state index contributed by atoms with van der Waals surface area (Å²) in [4.78, 5) is 0. The lowest BCUT2D eigenvalue weighted by Gasteiger charge is -2.39. The summed E-state index contributed by atoms with van der Waals surface area (Å²) in [7, 11) is 3.06. The predicted molar refractivity (Wildman–Crippen MR) is 146 cm³/mol. The Morgan fingerprint density at radius 1 is 0.921 bits per heavy atom. The van der Waals surface area contributed by atoms with Crippen molar-refractivity contribution in [1.82, 2.24) is 0 Å². The van der Waals surface area contributed by atoms with Crippen molar-refractivity contribution in [3.63, 3.8) is 0 Å². The lowest BCUT2D eigenvalue weighted by atomic mass is 9.74. The van der Waals surface area contributed by atoms with Crippen LogP contribution in [-0.4, -0.2) is 25.2 Å². The Hall–Kier alpha value is -4.52. The topological polar surface area (TPSA) is 101 Å². The predicted octanol–water partition coefficient (Wildman–Crippen LogP) is 5.97. The van der Waals surface area contributed by atoms with Crippen LogP contribution in [0.5, 0.6) is 17.2 Å². The summed E-state index contributed by atoms with van der Waals surface area (Å²) in [5.41, 5.74) is 13.2. The minimum atomic E-state index is -0.396. The molecule has 7 heteroatoms. The largest absolute Gasteiger partial charge is 0.504 e. The molecule has 6 rings (SSSR count). The van der Waals surface area contributed by atoms with E-state index in [1.807, 2.05) is 24.3 Å². The van der Waals surface area contributed by atoms with Crippen molar-refractivity contribution in [1.29, 1.82) is 5.41 Å². The number of anilines is 1. The first-order valence-corrected chi connectivity index (χ1v) is 12.5. The normalized spacial score (nSPS) is 19.1. The van der Waals surface area contributed by atoms with Crippen molar-refractivity contribution >= 4 is 11.5 Å². The van der Waals surface area contributed by atoms with E-state index in [0.29, 0.717) is 28.2 Å². The van der Waals surface area contributed by atoms with E-state index in [1.54, 1.807) is 19.2 Å². The number of rotatable bonds is 5. The number of phenolic OH excluding ortho intramolecular Hbond substituents is 1. The molecule has 1 heterocycles. The molecular weight excluding hydrogens is 481 g/mol. The van der Waals surface area contributed by atoms with Gasteiger partial charge in [0.05, 0.1) is 20.3 Å². The van der Waals surface area contributed by atoms with Gasteiger partial charge in [-0.15, -0.1) is 0 Å². The van der Waals surface area contributed by atoms with Gasteiger partial charge >= 0.3 is 0 Å². The molecule has 0 aromatic heterocycles. The molecule has 3 atom stereocenters. The van der Waals surface area contributed by atoms with Crippen LogP contribution in [0.2, 0.25) is 0 Å². The minimum absolute atomic E-state index is 0.0292. The summed E-state index contributed by atoms with van der Waals surface area (Å²) in [6, 6.07) is 21.9. The maximum absolute atomic E-state index is 14.5. The van der Waals surface area contributed by atoms with Gasteiger partial charge in [-0.2, -0.15) is 0 Å². The summed E-state index contributed by atoms with van der Waals surface area (Å²) in [5.74, 6) is 0.611. The number of amidine groups is 1. The van der Waals surface area contributed by atoms with E-state index in [1.165, 1.54) is 30.4 Å². The number of fused-ring (bicyclic) bond motifs is 5. The third kappa shape index (κ3) is 3.74. The van der Waals surface area contributed by atoms with Gasteiger partial charge in [0, 0.05) is 22.7 Å². The van der Waals surface area contributed by atoms with Crippen molar-refractivity contribution in [2.45, 2.75) is 18.4 Å². The number of methoxy groups -OCH3 is 2. The van der Waals surface area contributed by atoms with Crippen LogP contribution in [0, 0.1) is 17.1 Å². The first-order valence-electron chi connectivity index (χ1n) is 12.5. The van der Waals surface area contributed by atoms with E-state index in [9.17, 15) is 9.50 Å². The molecule has 4 aromatic rings. The molecule has 0 amide bonds. The van der Waals surface area contributed by atoms with Gasteiger partial charge in [-0.25, -0.2) is 4.39 Å². The van der Waals surface area contributed by atoms with Crippen LogP contribution in [0.1, 0.15) is 39.8 Å². The number of phenols is 1. The zero-order valence-electron chi connectivity index (χ0n) is 21.1. The van der Waals surface area contributed by atoms with Crippen LogP contribution >= 0.6 is 0 Å². The van der Waals surface area contributed by atoms with E-state index >= 15 is 0 Å². The molecule has 3 unspecified atom stereocenters. The molecule has 192 valence electrons. The Morgan fingerprint density at radius 2 is 1.71 bits per heavy atom. The quantitative estimate of drug-likeness (QED) is 0.196. The number of nitrogens with two attached hydrogens (primary N) is 1. The van der Waals surface area contributed by atoms with Gasteiger partial charge in [0.25, 0.3) is 0 Å². The Morgan fingerprint density at radius 3 is 2.47 bits per heavy atom. The molecule has 0 spiro atoms. The Kier molecular flexibility index (Phi) is 5.71. The number of nitrogen functional groups attached to an aromatic ring is 1. The van der Waals surface area contributed by atoms with E-state index in [4.69, 9.17) is 20.6 Å². The highest BCUT2D eigenvalue weighted by Crippen LogP contribution is 2.56. The lowest BCUT2D eigenvalue weighted by molar-refractivity contribution is 0.370. The van der Waals surface area contributed by atoms with E-state index < -0.39 is 5.82 Å². The van der Waals surface area contributed by atoms with Crippen LogP contribution in [0.3, 0.4) is 0 Å². The fraction of sp³-hybridized carbons (Fsp3) is 0.194. The SMILES string of the molecule is COc1cc(C2Nc3ccc(C(=N)N)cc3C3c4ccccc4CC23)c(-c2cc(F)ccc2OC)cc1O. The lowest BCUT2D eigenvalue weighted by Crippen LogP contribution is -2.31. The molecule has 38 heavy (non-hydrogen) atoms. The summed E-state index contributed by atoms with van der Waals surface area (Å²) >= 11 is 0. The van der Waals surface area contributed by atoms with Gasteiger partial charge in [-0.05, 0) is 88.7 Å². The fourth-order valence-electron chi connectivity index (χ4n) is 6.17. The monoisotopic (exact) mass is 509 g/mol. The second-order valence-electron chi connectivity index (χ2n) is 9.84. The highest BCUT2D eigenvalue weighted by atomic mass is 19.1. The van der Waals surface area contributed by atoms with Crippen LogP contribution in [0.4, 0.5) is 10.1 Å². The van der Waals surface area contributed by atoms with Crippen molar-refractivity contribution in [2.24, 2.45) is 11.7 Å². The van der Waals surface area contributed by atoms with Crippen LogP contribution in [-0.2, 0) is 6.42 Å². The van der Waals surface area contributed by atoms with E-state index in [-0.39, 0.29) is 29.5 Å². The molecule has 0 saturated carbocycles. The Balaban J connectivity index is 1.59. The molecule has 0 radical (unpaired) electrons. The molecule has 0 bridgehead atoms. The molecule has 6 nitrogen and oxygen atoms in total. The van der Waals surface area contributed by atoms with Gasteiger partial charge in [-0.1, -0.05) is 24.3 Å². The molecular formula is C31H28FN3O3. The van der Waals surface area contributed by atoms with Crippen LogP contribution < -0.4 is 20.5 Å². The summed E-state index contributed by atoms with van der Waals surface area (Å²) in [6.45, 7) is 0. The van der Waals surface area contributed by atoms with Crippen molar-refractivity contribution in [3.8, 4) is 28.4 Å². The molecule has 0 saturated heterocycles. The average molecular weight is 510 g/mol. The van der Waals surface area contributed by atoms with Gasteiger partial charge < -0.3 is 25.6 Å². The number of halogens is 1. The molecule has 1 aliphatic carbocycles. The number of aromatic hydroxyl groups is 1. The maximum atomic E-state index is 14.5. The second kappa shape index (κ2) is 9.10. The standard InChI is InChI=1S/C31H28FN3O3/c1-37-27-10-8-18(32)13-21(27)20-14-26(36)28(38-2)15-22(20)30-24-11-16-5-3-4-6-19(16)29(24)23-12-17(31(33)34)7-9-25(23)35-30/h3-10,12-15,24,29-30,35-36H,11H2,1-2H3,(H3,33,34). The van der Waals surface area contributed by atoms with E-state index in [2.05, 4.69) is 29.6 Å². The highest BCUT2D eigenvalue weighted by Gasteiger charge is 2.44. The average Bonchev–Trinajstić information content (AvgIpc) is 3.32. The zero-order valence-corrected chi connectivity index (χ0v) is 21.1. The van der Waals surface area contributed by atoms with Gasteiger partial charge in [0.15, 0.2) is 11.5 Å². The third-order valence-corrected chi connectivity index (χ3v) is 7.85. The van der Waals surface area contributed by atoms with Crippen LogP contribution in [0.15, 0.2) is 72.8 Å². The van der Waals surface area contributed by atoms with Gasteiger partial charge in [0.2, 0.25) is 0 Å². The number of benzene rings is 4. The van der Waals surface area contributed by atoms with E-state index in [0.717, 1.165) is 23.2 Å². The maximum Gasteiger partial charge on any atom is 0.160 e. The summed E-state index contributed by atoms with van der Waals surface area (Å²) in [6.07, 6.45) is 0.825. The zero-order chi connectivity index (χ0) is 26.6. The van der Waals surface area contributed by atoms with Crippen molar-refractivity contribution < 1.29 is 19.0 Å². The Labute approximate surface area is 220 Å². The number of hydrogen-bond acceptors (Lipinski definition) is 5. The third-order valence-electron chi connectivity index (χ3n) is 7.85. The second-order valence-corrected chi connectivity index (χ2v) is 9.84. The fourth-order valence-corrected chi connectivity index (χ4v) is 6.17. The first kappa shape index (κ1) is 23.9. The van der Waals surface area contributed by atoms with Gasteiger partial charge in [0.1, 0.15) is 17.4 Å². The smallest absolute Gasteiger partial charge is 0.160 e. The molecule has 2 aliphatic rings. The summed E-state index contributed by atoms with van der Waals surface area (Å²) in [5, 5.41) is 22.5. The van der Waals surface area contributed by atoms with Crippen molar-refractivity contribution in [3.05, 3.63) is 106 Å². The minimum Gasteiger partial charge on any atom is -0.504 e. The summed E-state index contributed by atoms with van der Waals surface area (Å²) < 4.78 is 25.6. The van der Waals surface area contributed by atoms with Crippen molar-refractivity contribution in [2.75, 3.05) is 19.5 Å². The molecule has 0 fully saturated rings. The number of ether oxygens (including phenoxy) is 2. The number of hydrogen-bond donors (Lipinski definition) is 4. The molecule has 4 aromatic carbocycles. The van der Waals surface area contributed by atoms with Gasteiger partial charge in [-0.3, -0.25) is 5.41 Å². The highest BCUT2D eigenvalue weighted by molar-refractivity contribution is 5.96. The Bertz CT molecular complexity index is 1590. The molecule has 5 N–H and O–H groups in total.